The van der Waals surface area contributed by atoms with Gasteiger partial charge in [0.1, 0.15) is 5.60 Å². The van der Waals surface area contributed by atoms with E-state index < -0.39 is 11.7 Å². The van der Waals surface area contributed by atoms with E-state index in [0.29, 0.717) is 0 Å². The van der Waals surface area contributed by atoms with Crippen molar-refractivity contribution in [2.24, 2.45) is 4.99 Å². The number of nitrogens with one attached hydrogen (secondary N) is 3. The van der Waals surface area contributed by atoms with Crippen LogP contribution in [-0.2, 0) is 11.2 Å². The van der Waals surface area contributed by atoms with Crippen LogP contribution >= 0.6 is 0 Å². The average molecular weight is 406 g/mol. The molecular formula is C22H39N5O2. The monoisotopic (exact) mass is 405 g/mol. The number of rotatable bonds is 10. The predicted molar refractivity (Wildman–Crippen MR) is 122 cm³/mol. The lowest BCUT2D eigenvalue weighted by Gasteiger charge is -2.19. The molecule has 1 aromatic rings. The Morgan fingerprint density at radius 2 is 1.69 bits per heavy atom. The van der Waals surface area contributed by atoms with Crippen LogP contribution in [0.3, 0.4) is 0 Å². The number of guanidine groups is 1. The molecule has 0 radical (unpaired) electrons. The summed E-state index contributed by atoms with van der Waals surface area (Å²) >= 11 is 0. The molecule has 164 valence electrons. The number of hydrogen-bond donors (Lipinski definition) is 3. The van der Waals surface area contributed by atoms with Gasteiger partial charge in [0.2, 0.25) is 0 Å². The number of anilines is 1. The Morgan fingerprint density at radius 1 is 1.07 bits per heavy atom. The van der Waals surface area contributed by atoms with E-state index in [-0.39, 0.29) is 0 Å². The van der Waals surface area contributed by atoms with E-state index in [9.17, 15) is 4.79 Å². The second kappa shape index (κ2) is 13.0. The molecule has 0 saturated carbocycles. The van der Waals surface area contributed by atoms with Crippen molar-refractivity contribution in [3.05, 3.63) is 29.8 Å². The van der Waals surface area contributed by atoms with Crippen LogP contribution in [0.2, 0.25) is 0 Å². The van der Waals surface area contributed by atoms with Gasteiger partial charge in [0.25, 0.3) is 0 Å². The Kier molecular flexibility index (Phi) is 11.1. The fourth-order valence-corrected chi connectivity index (χ4v) is 2.77. The number of carbonyl (C=O) groups excluding carboxylic acids is 1. The Morgan fingerprint density at radius 3 is 2.24 bits per heavy atom. The summed E-state index contributed by atoms with van der Waals surface area (Å²) in [5, 5.41) is 9.45. The average Bonchev–Trinajstić information content (AvgIpc) is 2.66. The van der Waals surface area contributed by atoms with Crippen molar-refractivity contribution in [3.8, 4) is 0 Å². The number of ether oxygens (including phenoxy) is 1. The van der Waals surface area contributed by atoms with Gasteiger partial charge in [-0.15, -0.1) is 0 Å². The van der Waals surface area contributed by atoms with Crippen LogP contribution in [0, 0.1) is 0 Å². The van der Waals surface area contributed by atoms with Gasteiger partial charge in [0, 0.05) is 25.8 Å². The van der Waals surface area contributed by atoms with Gasteiger partial charge in [-0.05, 0) is 70.9 Å². The third kappa shape index (κ3) is 11.3. The Bertz CT molecular complexity index is 619. The van der Waals surface area contributed by atoms with E-state index >= 15 is 0 Å². The quantitative estimate of drug-likeness (QED) is 0.316. The lowest BCUT2D eigenvalue weighted by atomic mass is 10.1. The number of nitrogens with zero attached hydrogens (tertiary/aromatic N) is 2. The lowest BCUT2D eigenvalue weighted by Crippen LogP contribution is -2.39. The zero-order chi connectivity index (χ0) is 21.7. The van der Waals surface area contributed by atoms with Crippen LogP contribution in [0.15, 0.2) is 29.3 Å². The first-order valence-corrected chi connectivity index (χ1v) is 10.5. The molecule has 0 bridgehead atoms. The highest BCUT2D eigenvalue weighted by molar-refractivity contribution is 5.84. The summed E-state index contributed by atoms with van der Waals surface area (Å²) in [5.74, 6) is 0.827. The van der Waals surface area contributed by atoms with Gasteiger partial charge in [-0.25, -0.2) is 4.79 Å². The van der Waals surface area contributed by atoms with Gasteiger partial charge in [0.15, 0.2) is 5.96 Å². The second-order valence-corrected chi connectivity index (χ2v) is 7.88. The highest BCUT2D eigenvalue weighted by Crippen LogP contribution is 2.13. The molecule has 0 heterocycles. The summed E-state index contributed by atoms with van der Waals surface area (Å²) < 4.78 is 5.26. The van der Waals surface area contributed by atoms with Crippen LogP contribution in [-0.4, -0.2) is 62.3 Å². The molecular weight excluding hydrogens is 366 g/mol. The molecule has 0 aliphatic carbocycles. The summed E-state index contributed by atoms with van der Waals surface area (Å²) in [5.41, 5.74) is 1.40. The number of hydrogen-bond acceptors (Lipinski definition) is 4. The maximum atomic E-state index is 11.8. The Balaban J connectivity index is 2.31. The van der Waals surface area contributed by atoms with Gasteiger partial charge in [-0.3, -0.25) is 10.3 Å². The molecule has 1 rings (SSSR count). The summed E-state index contributed by atoms with van der Waals surface area (Å²) in [6.07, 6.45) is 1.52. The minimum atomic E-state index is -0.506. The number of carbonyl (C=O) groups is 1. The van der Waals surface area contributed by atoms with Gasteiger partial charge in [-0.2, -0.15) is 0 Å². The first-order chi connectivity index (χ1) is 13.8. The topological polar surface area (TPSA) is 78.0 Å². The van der Waals surface area contributed by atoms with Crippen LogP contribution in [0.25, 0.3) is 0 Å². The first-order valence-electron chi connectivity index (χ1n) is 10.5. The summed E-state index contributed by atoms with van der Waals surface area (Å²) in [6, 6.07) is 7.79. The van der Waals surface area contributed by atoms with E-state index in [4.69, 9.17) is 4.74 Å². The summed E-state index contributed by atoms with van der Waals surface area (Å²) in [6.45, 7) is 14.9. The van der Waals surface area contributed by atoms with Gasteiger partial charge >= 0.3 is 6.09 Å². The van der Waals surface area contributed by atoms with E-state index in [1.165, 1.54) is 5.56 Å². The van der Waals surface area contributed by atoms with Crippen molar-refractivity contribution >= 4 is 17.7 Å². The van der Waals surface area contributed by atoms with Crippen molar-refractivity contribution in [2.75, 3.05) is 45.1 Å². The molecule has 0 atom stereocenters. The minimum absolute atomic E-state index is 0.442. The fourth-order valence-electron chi connectivity index (χ4n) is 2.77. The normalized spacial score (nSPS) is 12.0. The van der Waals surface area contributed by atoms with E-state index in [0.717, 1.165) is 57.2 Å². The summed E-state index contributed by atoms with van der Waals surface area (Å²) in [7, 11) is 1.79. The third-order valence-corrected chi connectivity index (χ3v) is 4.37. The van der Waals surface area contributed by atoms with E-state index in [1.807, 2.05) is 45.0 Å². The largest absolute Gasteiger partial charge is 0.444 e. The van der Waals surface area contributed by atoms with Crippen molar-refractivity contribution in [1.29, 1.82) is 0 Å². The molecule has 3 N–H and O–H groups in total. The smallest absolute Gasteiger partial charge is 0.412 e. The van der Waals surface area contributed by atoms with E-state index in [1.54, 1.807) is 7.05 Å². The van der Waals surface area contributed by atoms with Gasteiger partial charge < -0.3 is 20.3 Å². The van der Waals surface area contributed by atoms with Crippen LogP contribution in [0.4, 0.5) is 10.5 Å². The van der Waals surface area contributed by atoms with Crippen LogP contribution in [0.1, 0.15) is 46.6 Å². The maximum Gasteiger partial charge on any atom is 0.412 e. The molecule has 0 aliphatic heterocycles. The van der Waals surface area contributed by atoms with Crippen LogP contribution in [0.5, 0.6) is 0 Å². The molecule has 7 nitrogen and oxygen atoms in total. The standard InChI is InChI=1S/C22H39N5O2/c1-7-27(8-2)17-9-15-24-20(23-6)25-16-14-18-10-12-19(13-11-18)26-21(28)29-22(3,4)5/h10-13H,7-9,14-17H2,1-6H3,(H,26,28)(H2,23,24,25). The third-order valence-electron chi connectivity index (χ3n) is 4.37. The molecule has 0 aliphatic rings. The van der Waals surface area contributed by atoms with Crippen LogP contribution < -0.4 is 16.0 Å². The van der Waals surface area contributed by atoms with Gasteiger partial charge in [0.05, 0.1) is 0 Å². The molecule has 0 unspecified atom stereocenters. The highest BCUT2D eigenvalue weighted by atomic mass is 16.6. The first kappa shape index (κ1) is 24.8. The molecule has 29 heavy (non-hydrogen) atoms. The fraction of sp³-hybridized carbons (Fsp3) is 0.636. The predicted octanol–water partition coefficient (Wildman–Crippen LogP) is 3.47. The van der Waals surface area contributed by atoms with Crippen molar-refractivity contribution in [3.63, 3.8) is 0 Å². The van der Waals surface area contributed by atoms with Crippen molar-refractivity contribution in [2.45, 2.75) is 53.1 Å². The molecule has 0 spiro atoms. The SMILES string of the molecule is CCN(CC)CCCNC(=NC)NCCc1ccc(NC(=O)OC(C)(C)C)cc1. The highest BCUT2D eigenvalue weighted by Gasteiger charge is 2.16. The molecule has 0 aromatic heterocycles. The van der Waals surface area contributed by atoms with Gasteiger partial charge in [-0.1, -0.05) is 26.0 Å². The summed E-state index contributed by atoms with van der Waals surface area (Å²) in [4.78, 5) is 18.5. The Hall–Kier alpha value is -2.28. The lowest BCUT2D eigenvalue weighted by molar-refractivity contribution is 0.0636. The second-order valence-electron chi connectivity index (χ2n) is 7.88. The molecule has 1 amide bonds. The molecule has 7 heteroatoms. The molecule has 0 saturated heterocycles. The number of benzene rings is 1. The maximum absolute atomic E-state index is 11.8. The molecule has 0 fully saturated rings. The number of aliphatic imine (C=N–C) groups is 1. The molecule has 1 aromatic carbocycles. The zero-order valence-electron chi connectivity index (χ0n) is 19.0. The van der Waals surface area contributed by atoms with E-state index in [2.05, 4.69) is 39.7 Å². The zero-order valence-corrected chi connectivity index (χ0v) is 19.0. The minimum Gasteiger partial charge on any atom is -0.444 e. The number of amides is 1. The van der Waals surface area contributed by atoms with Crippen molar-refractivity contribution < 1.29 is 9.53 Å². The Labute approximate surface area is 176 Å². The van der Waals surface area contributed by atoms with Crippen molar-refractivity contribution in [1.82, 2.24) is 15.5 Å².